The van der Waals surface area contributed by atoms with E-state index >= 15 is 0 Å². The van der Waals surface area contributed by atoms with E-state index in [0.717, 1.165) is 11.8 Å². The van der Waals surface area contributed by atoms with Gasteiger partial charge in [0.25, 0.3) is 0 Å². The van der Waals surface area contributed by atoms with Crippen molar-refractivity contribution >= 4 is 0 Å². The molecule has 1 heteroatoms. The van der Waals surface area contributed by atoms with Crippen molar-refractivity contribution in [3.05, 3.63) is 0 Å². The van der Waals surface area contributed by atoms with E-state index in [2.05, 4.69) is 0 Å². The number of hydrogen-bond donors (Lipinski definition) is 1. The van der Waals surface area contributed by atoms with Crippen LogP contribution in [-0.4, -0.2) is 6.04 Å². The Bertz CT molecular complexity index is 155. The van der Waals surface area contributed by atoms with Crippen LogP contribution >= 0.6 is 0 Å². The fraction of sp³-hybridized carbons (Fsp3) is 1.00. The molecule has 1 nitrogen and oxygen atoms in total. The second-order valence-corrected chi connectivity index (χ2v) is 5.53. The minimum atomic E-state index is 0.519. The predicted molar refractivity (Wildman–Crippen MR) is 61.1 cm³/mol. The highest BCUT2D eigenvalue weighted by molar-refractivity contribution is 4.80. The number of rotatable bonds is 4. The molecule has 0 amide bonds. The van der Waals surface area contributed by atoms with Gasteiger partial charge in [-0.25, -0.2) is 0 Å². The molecule has 2 fully saturated rings. The zero-order chi connectivity index (χ0) is 9.80. The Labute approximate surface area is 88.4 Å². The van der Waals surface area contributed by atoms with Crippen LogP contribution in [0.4, 0.5) is 0 Å². The lowest BCUT2D eigenvalue weighted by Crippen LogP contribution is -2.24. The van der Waals surface area contributed by atoms with Gasteiger partial charge in [-0.2, -0.15) is 0 Å². The van der Waals surface area contributed by atoms with Gasteiger partial charge in [0.2, 0.25) is 0 Å². The summed E-state index contributed by atoms with van der Waals surface area (Å²) in [6.45, 7) is 0. The van der Waals surface area contributed by atoms with Crippen LogP contribution in [0.1, 0.15) is 64.2 Å². The van der Waals surface area contributed by atoms with Gasteiger partial charge in [0.15, 0.2) is 0 Å². The summed E-state index contributed by atoms with van der Waals surface area (Å²) in [4.78, 5) is 0. The van der Waals surface area contributed by atoms with Crippen molar-refractivity contribution in [2.45, 2.75) is 70.3 Å². The molecule has 2 saturated carbocycles. The number of nitrogens with two attached hydrogens (primary N) is 1. The second kappa shape index (κ2) is 5.16. The van der Waals surface area contributed by atoms with E-state index in [0.29, 0.717) is 6.04 Å². The summed E-state index contributed by atoms with van der Waals surface area (Å²) in [5.74, 6) is 1.97. The smallest absolute Gasteiger partial charge is 0.00441 e. The van der Waals surface area contributed by atoms with Crippen LogP contribution < -0.4 is 5.73 Å². The molecule has 82 valence electrons. The first-order chi connectivity index (χ1) is 6.84. The van der Waals surface area contributed by atoms with Crippen LogP contribution in [0.2, 0.25) is 0 Å². The zero-order valence-electron chi connectivity index (χ0n) is 9.38. The molecule has 14 heavy (non-hydrogen) atoms. The lowest BCUT2D eigenvalue weighted by molar-refractivity contribution is 0.371. The second-order valence-electron chi connectivity index (χ2n) is 5.53. The molecule has 1 atom stereocenters. The molecule has 2 N–H and O–H groups in total. The van der Waals surface area contributed by atoms with E-state index in [4.69, 9.17) is 5.73 Å². The summed E-state index contributed by atoms with van der Waals surface area (Å²) >= 11 is 0. The molecule has 0 bridgehead atoms. The monoisotopic (exact) mass is 195 g/mol. The minimum absolute atomic E-state index is 0.519. The maximum absolute atomic E-state index is 6.20. The normalized spacial score (nSPS) is 27.2. The van der Waals surface area contributed by atoms with Crippen LogP contribution in [0.25, 0.3) is 0 Å². The summed E-state index contributed by atoms with van der Waals surface area (Å²) < 4.78 is 0. The van der Waals surface area contributed by atoms with E-state index in [1.54, 1.807) is 0 Å². The first-order valence-electron chi connectivity index (χ1n) is 6.60. The van der Waals surface area contributed by atoms with Crippen LogP contribution in [0.5, 0.6) is 0 Å². The lowest BCUT2D eigenvalue weighted by Gasteiger charge is -2.18. The van der Waals surface area contributed by atoms with Crippen molar-refractivity contribution in [3.8, 4) is 0 Å². The predicted octanol–water partition coefficient (Wildman–Crippen LogP) is 3.47. The highest BCUT2D eigenvalue weighted by atomic mass is 14.6. The molecule has 0 saturated heterocycles. The van der Waals surface area contributed by atoms with E-state index in [9.17, 15) is 0 Å². The summed E-state index contributed by atoms with van der Waals surface area (Å²) in [6, 6.07) is 0.519. The van der Waals surface area contributed by atoms with Gasteiger partial charge in [0.1, 0.15) is 0 Å². The average Bonchev–Trinajstić information content (AvgIpc) is 2.93. The SMILES string of the molecule is NC(CC1CCCCCC1)CC1CC1. The van der Waals surface area contributed by atoms with E-state index < -0.39 is 0 Å². The maximum atomic E-state index is 6.20. The molecular weight excluding hydrogens is 170 g/mol. The van der Waals surface area contributed by atoms with Gasteiger partial charge in [-0.05, 0) is 24.7 Å². The molecule has 2 aliphatic carbocycles. The van der Waals surface area contributed by atoms with Crippen LogP contribution in [0.15, 0.2) is 0 Å². The third kappa shape index (κ3) is 3.61. The summed E-state index contributed by atoms with van der Waals surface area (Å²) in [6.07, 6.45) is 14.3. The van der Waals surface area contributed by atoms with Crippen molar-refractivity contribution < 1.29 is 0 Å². The van der Waals surface area contributed by atoms with Gasteiger partial charge >= 0.3 is 0 Å². The fourth-order valence-electron chi connectivity index (χ4n) is 2.91. The Kier molecular flexibility index (Phi) is 3.86. The minimum Gasteiger partial charge on any atom is -0.328 e. The molecule has 0 heterocycles. The highest BCUT2D eigenvalue weighted by Gasteiger charge is 2.25. The molecule has 0 aromatic carbocycles. The van der Waals surface area contributed by atoms with Crippen molar-refractivity contribution in [2.24, 2.45) is 17.6 Å². The Morgan fingerprint density at radius 1 is 0.786 bits per heavy atom. The third-order valence-corrected chi connectivity index (χ3v) is 3.94. The standard InChI is InChI=1S/C13H25N/c14-13(10-12-7-8-12)9-11-5-3-1-2-4-6-11/h11-13H,1-10,14H2. The van der Waals surface area contributed by atoms with E-state index in [1.807, 2.05) is 0 Å². The summed E-state index contributed by atoms with van der Waals surface area (Å²) in [5.41, 5.74) is 6.20. The van der Waals surface area contributed by atoms with Crippen LogP contribution in [0.3, 0.4) is 0 Å². The molecule has 2 aliphatic rings. The van der Waals surface area contributed by atoms with Gasteiger partial charge in [0.05, 0.1) is 0 Å². The summed E-state index contributed by atoms with van der Waals surface area (Å²) in [5, 5.41) is 0. The maximum Gasteiger partial charge on any atom is 0.00441 e. The van der Waals surface area contributed by atoms with Crippen molar-refractivity contribution in [1.82, 2.24) is 0 Å². The van der Waals surface area contributed by atoms with Gasteiger partial charge in [-0.15, -0.1) is 0 Å². The Morgan fingerprint density at radius 3 is 1.79 bits per heavy atom. The first kappa shape index (κ1) is 10.5. The Hall–Kier alpha value is -0.0400. The van der Waals surface area contributed by atoms with Crippen molar-refractivity contribution in [1.29, 1.82) is 0 Å². The van der Waals surface area contributed by atoms with Crippen molar-refractivity contribution in [2.75, 3.05) is 0 Å². The third-order valence-electron chi connectivity index (χ3n) is 3.94. The Balaban J connectivity index is 1.65. The molecule has 0 aliphatic heterocycles. The van der Waals surface area contributed by atoms with Gasteiger partial charge in [0, 0.05) is 6.04 Å². The topological polar surface area (TPSA) is 26.0 Å². The van der Waals surface area contributed by atoms with Gasteiger partial charge < -0.3 is 5.73 Å². The fourth-order valence-corrected chi connectivity index (χ4v) is 2.91. The molecule has 2 rings (SSSR count). The van der Waals surface area contributed by atoms with E-state index in [1.165, 1.54) is 64.2 Å². The molecule has 0 radical (unpaired) electrons. The van der Waals surface area contributed by atoms with Gasteiger partial charge in [-0.3, -0.25) is 0 Å². The Morgan fingerprint density at radius 2 is 1.29 bits per heavy atom. The molecule has 0 spiro atoms. The van der Waals surface area contributed by atoms with Gasteiger partial charge in [-0.1, -0.05) is 51.4 Å². The molecule has 0 aromatic rings. The highest BCUT2D eigenvalue weighted by Crippen LogP contribution is 2.35. The average molecular weight is 195 g/mol. The molecular formula is C13H25N. The quantitative estimate of drug-likeness (QED) is 0.683. The summed E-state index contributed by atoms with van der Waals surface area (Å²) in [7, 11) is 0. The van der Waals surface area contributed by atoms with E-state index in [-0.39, 0.29) is 0 Å². The van der Waals surface area contributed by atoms with Crippen LogP contribution in [0, 0.1) is 11.8 Å². The number of hydrogen-bond acceptors (Lipinski definition) is 1. The first-order valence-corrected chi connectivity index (χ1v) is 6.60. The zero-order valence-corrected chi connectivity index (χ0v) is 9.38. The molecule has 1 unspecified atom stereocenters. The lowest BCUT2D eigenvalue weighted by atomic mass is 9.91. The van der Waals surface area contributed by atoms with Crippen molar-refractivity contribution in [3.63, 3.8) is 0 Å². The van der Waals surface area contributed by atoms with Crippen LogP contribution in [-0.2, 0) is 0 Å². The molecule has 0 aromatic heterocycles. The largest absolute Gasteiger partial charge is 0.328 e.